The molecule has 0 aliphatic heterocycles. The number of carboxylic acids is 1. The summed E-state index contributed by atoms with van der Waals surface area (Å²) in [6.45, 7) is 0.576. The summed E-state index contributed by atoms with van der Waals surface area (Å²) < 4.78 is 4.53. The van der Waals surface area contributed by atoms with Crippen molar-refractivity contribution in [1.29, 1.82) is 0 Å². The Bertz CT molecular complexity index is 423. The van der Waals surface area contributed by atoms with E-state index in [1.807, 2.05) is 0 Å². The van der Waals surface area contributed by atoms with Gasteiger partial charge in [-0.1, -0.05) is 0 Å². The Labute approximate surface area is 104 Å². The summed E-state index contributed by atoms with van der Waals surface area (Å²) in [7, 11) is 1.27. The van der Waals surface area contributed by atoms with Crippen LogP contribution in [0.4, 0.5) is 5.82 Å². The molecule has 1 heterocycles. The van der Waals surface area contributed by atoms with Crippen LogP contribution >= 0.6 is 0 Å². The third-order valence-electron chi connectivity index (χ3n) is 2.15. The maximum Gasteiger partial charge on any atom is 0.358 e. The number of ether oxygens (including phenoxy) is 1. The van der Waals surface area contributed by atoms with Crippen LogP contribution in [0.25, 0.3) is 0 Å². The van der Waals surface area contributed by atoms with Gasteiger partial charge >= 0.3 is 11.9 Å². The molecule has 0 spiro atoms. The molecular weight excluding hydrogens is 238 g/mol. The molecule has 1 rings (SSSR count). The van der Waals surface area contributed by atoms with Gasteiger partial charge in [-0.3, -0.25) is 9.78 Å². The lowest BCUT2D eigenvalue weighted by Crippen LogP contribution is -2.09. The van der Waals surface area contributed by atoms with Gasteiger partial charge in [-0.2, -0.15) is 0 Å². The first-order valence-corrected chi connectivity index (χ1v) is 5.49. The number of carbonyl (C=O) groups is 2. The highest BCUT2D eigenvalue weighted by Crippen LogP contribution is 2.04. The number of carbonyl (C=O) groups excluding carboxylic acids is 1. The van der Waals surface area contributed by atoms with Gasteiger partial charge in [-0.05, 0) is 12.8 Å². The number of aromatic nitrogens is 2. The molecule has 2 N–H and O–H groups in total. The molecule has 18 heavy (non-hydrogen) atoms. The van der Waals surface area contributed by atoms with Gasteiger partial charge in [-0.25, -0.2) is 9.78 Å². The summed E-state index contributed by atoms with van der Waals surface area (Å²) in [6, 6.07) is 0. The van der Waals surface area contributed by atoms with Gasteiger partial charge in [0.2, 0.25) is 0 Å². The fourth-order valence-corrected chi connectivity index (χ4v) is 1.27. The minimum absolute atomic E-state index is 0.132. The molecule has 1 aromatic heterocycles. The zero-order valence-electron chi connectivity index (χ0n) is 10.0. The van der Waals surface area contributed by atoms with Crippen molar-refractivity contribution in [2.45, 2.75) is 19.3 Å². The third kappa shape index (κ3) is 4.77. The van der Waals surface area contributed by atoms with Crippen LogP contribution < -0.4 is 5.32 Å². The van der Waals surface area contributed by atoms with Gasteiger partial charge in [0.1, 0.15) is 5.82 Å². The van der Waals surface area contributed by atoms with Crippen LogP contribution in [0.1, 0.15) is 29.8 Å². The van der Waals surface area contributed by atoms with Crippen molar-refractivity contribution in [3.8, 4) is 0 Å². The van der Waals surface area contributed by atoms with Crippen molar-refractivity contribution in [2.24, 2.45) is 0 Å². The van der Waals surface area contributed by atoms with E-state index in [0.717, 1.165) is 0 Å². The first-order chi connectivity index (χ1) is 8.63. The first kappa shape index (κ1) is 13.9. The van der Waals surface area contributed by atoms with E-state index in [9.17, 15) is 9.59 Å². The van der Waals surface area contributed by atoms with Crippen LogP contribution in [-0.2, 0) is 9.53 Å². The van der Waals surface area contributed by atoms with Gasteiger partial charge < -0.3 is 15.2 Å². The molecule has 98 valence electrons. The molecule has 0 unspecified atom stereocenters. The molecule has 0 aromatic carbocycles. The van der Waals surface area contributed by atoms with Crippen molar-refractivity contribution in [1.82, 2.24) is 9.97 Å². The van der Waals surface area contributed by atoms with Crippen LogP contribution in [0.3, 0.4) is 0 Å². The molecule has 0 fully saturated rings. The molecule has 0 aliphatic carbocycles. The standard InChI is InChI=1S/C11H15N3O4/c1-18-11(17)8-6-12-7-9(14-8)13-5-3-2-4-10(15)16/h6-7H,2-5H2,1H3,(H,13,14)(H,15,16). The number of unbranched alkanes of at least 4 members (excludes halogenated alkanes) is 1. The number of anilines is 1. The lowest BCUT2D eigenvalue weighted by atomic mass is 10.2. The second kappa shape index (κ2) is 7.21. The molecule has 0 aliphatic rings. The number of hydrogen-bond acceptors (Lipinski definition) is 6. The Morgan fingerprint density at radius 1 is 1.39 bits per heavy atom. The van der Waals surface area contributed by atoms with Gasteiger partial charge in [0.05, 0.1) is 19.5 Å². The monoisotopic (exact) mass is 253 g/mol. The maximum absolute atomic E-state index is 11.2. The summed E-state index contributed by atoms with van der Waals surface area (Å²) in [5, 5.41) is 11.4. The Morgan fingerprint density at radius 3 is 2.83 bits per heavy atom. The van der Waals surface area contributed by atoms with Crippen molar-refractivity contribution >= 4 is 17.8 Å². The molecule has 7 nitrogen and oxygen atoms in total. The Kier molecular flexibility index (Phi) is 5.56. The Balaban J connectivity index is 2.38. The summed E-state index contributed by atoms with van der Waals surface area (Å²) >= 11 is 0. The van der Waals surface area contributed by atoms with Crippen LogP contribution in [0, 0.1) is 0 Å². The second-order valence-electron chi connectivity index (χ2n) is 3.56. The number of carboxylic acid groups (broad SMARTS) is 1. The van der Waals surface area contributed by atoms with E-state index >= 15 is 0 Å². The fraction of sp³-hybridized carbons (Fsp3) is 0.455. The maximum atomic E-state index is 11.2. The van der Waals surface area contributed by atoms with Crippen molar-refractivity contribution in [3.63, 3.8) is 0 Å². The van der Waals surface area contributed by atoms with E-state index in [4.69, 9.17) is 5.11 Å². The lowest BCUT2D eigenvalue weighted by Gasteiger charge is -2.05. The molecule has 0 radical (unpaired) electrons. The molecular formula is C11H15N3O4. The molecule has 0 amide bonds. The van der Waals surface area contributed by atoms with Crippen LogP contribution in [0.2, 0.25) is 0 Å². The first-order valence-electron chi connectivity index (χ1n) is 5.49. The van der Waals surface area contributed by atoms with Crippen LogP contribution in [-0.4, -0.2) is 40.7 Å². The highest BCUT2D eigenvalue weighted by atomic mass is 16.5. The normalized spacial score (nSPS) is 9.83. The number of methoxy groups -OCH3 is 1. The molecule has 0 atom stereocenters. The average molecular weight is 253 g/mol. The van der Waals surface area contributed by atoms with Gasteiger partial charge in [0.25, 0.3) is 0 Å². The summed E-state index contributed by atoms with van der Waals surface area (Å²) in [5.41, 5.74) is 0.132. The van der Waals surface area contributed by atoms with E-state index in [2.05, 4.69) is 20.0 Å². The summed E-state index contributed by atoms with van der Waals surface area (Å²) in [6.07, 6.45) is 4.25. The van der Waals surface area contributed by atoms with E-state index in [0.29, 0.717) is 25.2 Å². The molecule has 7 heteroatoms. The van der Waals surface area contributed by atoms with Crippen molar-refractivity contribution in [3.05, 3.63) is 18.1 Å². The second-order valence-corrected chi connectivity index (χ2v) is 3.56. The molecule has 0 saturated carbocycles. The highest BCUT2D eigenvalue weighted by molar-refractivity contribution is 5.87. The lowest BCUT2D eigenvalue weighted by molar-refractivity contribution is -0.137. The van der Waals surface area contributed by atoms with Crippen molar-refractivity contribution < 1.29 is 19.4 Å². The largest absolute Gasteiger partial charge is 0.481 e. The quantitative estimate of drug-likeness (QED) is 0.550. The van der Waals surface area contributed by atoms with E-state index in [1.165, 1.54) is 19.5 Å². The van der Waals surface area contributed by atoms with E-state index < -0.39 is 11.9 Å². The number of hydrogen-bond donors (Lipinski definition) is 2. The number of nitrogens with zero attached hydrogens (tertiary/aromatic N) is 2. The zero-order valence-corrected chi connectivity index (χ0v) is 10.0. The number of esters is 1. The Morgan fingerprint density at radius 2 is 2.17 bits per heavy atom. The predicted octanol–water partition coefficient (Wildman–Crippen LogP) is 0.930. The van der Waals surface area contributed by atoms with Gasteiger partial charge in [-0.15, -0.1) is 0 Å². The molecule has 1 aromatic rings. The Hall–Kier alpha value is -2.18. The summed E-state index contributed by atoms with van der Waals surface area (Å²) in [5.74, 6) is -0.882. The van der Waals surface area contributed by atoms with Gasteiger partial charge in [0, 0.05) is 13.0 Å². The van der Waals surface area contributed by atoms with Crippen LogP contribution in [0.15, 0.2) is 12.4 Å². The highest BCUT2D eigenvalue weighted by Gasteiger charge is 2.08. The minimum Gasteiger partial charge on any atom is -0.481 e. The molecule has 0 saturated heterocycles. The SMILES string of the molecule is COC(=O)c1cncc(NCCCCC(=O)O)n1. The fourth-order valence-electron chi connectivity index (χ4n) is 1.27. The average Bonchev–Trinajstić information content (AvgIpc) is 2.37. The zero-order chi connectivity index (χ0) is 13.4. The number of nitrogens with one attached hydrogen (secondary N) is 1. The van der Waals surface area contributed by atoms with E-state index in [1.54, 1.807) is 0 Å². The topological polar surface area (TPSA) is 101 Å². The van der Waals surface area contributed by atoms with Crippen molar-refractivity contribution in [2.75, 3.05) is 19.0 Å². The predicted molar refractivity (Wildman–Crippen MR) is 63.3 cm³/mol. The summed E-state index contributed by atoms with van der Waals surface area (Å²) in [4.78, 5) is 29.4. The van der Waals surface area contributed by atoms with E-state index in [-0.39, 0.29) is 12.1 Å². The smallest absolute Gasteiger partial charge is 0.358 e. The van der Waals surface area contributed by atoms with Crippen LogP contribution in [0.5, 0.6) is 0 Å². The molecule has 0 bridgehead atoms. The number of aliphatic carboxylic acids is 1. The number of rotatable bonds is 7. The minimum atomic E-state index is -0.803. The third-order valence-corrected chi connectivity index (χ3v) is 2.15. The van der Waals surface area contributed by atoms with Gasteiger partial charge in [0.15, 0.2) is 5.69 Å².